The second-order valence-electron chi connectivity index (χ2n) is 28.8. The molecule has 0 radical (unpaired) electrons. The summed E-state index contributed by atoms with van der Waals surface area (Å²) in [7, 11) is 6.51. The molecule has 2 saturated heterocycles. The number of nitrogens with one attached hydrogen (secondary N) is 3. The lowest BCUT2D eigenvalue weighted by Gasteiger charge is -2.40. The fourth-order valence-electron chi connectivity index (χ4n) is 13.1. The van der Waals surface area contributed by atoms with E-state index in [-0.39, 0.29) is 158 Å². The highest BCUT2D eigenvalue weighted by Gasteiger charge is 2.44. The van der Waals surface area contributed by atoms with E-state index in [9.17, 15) is 62.6 Å². The number of carboxylic acids is 1. The van der Waals surface area contributed by atoms with E-state index in [1.165, 1.54) is 18.9 Å². The fourth-order valence-corrected chi connectivity index (χ4v) is 14.4. The van der Waals surface area contributed by atoms with Gasteiger partial charge in [-0.3, -0.25) is 48.1 Å². The van der Waals surface area contributed by atoms with Gasteiger partial charge in [0, 0.05) is 110 Å². The molecule has 2 aromatic carbocycles. The molecule has 0 saturated carbocycles. The number of nitrogens with zero attached hydrogens (tertiary/aromatic N) is 4. The lowest BCUT2D eigenvalue weighted by atomic mass is 9.85. The van der Waals surface area contributed by atoms with Crippen LogP contribution in [-0.4, -0.2) is 191 Å². The number of Topliss-reactive ketones (excluding diaryl/α,β-unsaturated/α-hetero) is 3. The Morgan fingerprint density at radius 2 is 1.40 bits per heavy atom. The predicted molar refractivity (Wildman–Crippen MR) is 396 cm³/mol. The SMILES string of the molecule is CCCCSC1CC(=O)N(CCCCCC(=O)N[C@H](C(=O)C[C@@H](CCCNC(N)=O)C(=O)Nc2ccc(COC(=O)N(C)[C@H](C)C(C)C)cc2)C(C)C)C1=O.CC[C@H](C)[C@@H]([C@@H](CC(=O)N1CCC[C@H]1[C@H](OC)[C@@H](C)C(=O)C[C@@H](Cc1ccccc1)C(=O)O)OC)N(C)C(=O)[C@@H](CC(C)=O)C(C)C. The summed E-state index contributed by atoms with van der Waals surface area (Å²) in [6, 6.07) is 13.9. The minimum Gasteiger partial charge on any atom is -0.481 e. The van der Waals surface area contributed by atoms with Gasteiger partial charge in [0.05, 0.1) is 47.9 Å². The Morgan fingerprint density at radius 1 is 0.745 bits per heavy atom. The number of urea groups is 1. The summed E-state index contributed by atoms with van der Waals surface area (Å²) >= 11 is 1.55. The van der Waals surface area contributed by atoms with Crippen LogP contribution in [0.1, 0.15) is 197 Å². The van der Waals surface area contributed by atoms with Gasteiger partial charge in [-0.05, 0) is 118 Å². The zero-order valence-electron chi connectivity index (χ0n) is 63.8. The summed E-state index contributed by atoms with van der Waals surface area (Å²) in [5.41, 5.74) is 7.28. The van der Waals surface area contributed by atoms with Crippen LogP contribution >= 0.6 is 11.8 Å². The number of hydrogen-bond acceptors (Lipinski definition) is 16. The molecule has 12 atom stereocenters. The smallest absolute Gasteiger partial charge is 0.410 e. The average Bonchev–Trinajstić information content (AvgIpc) is 1.47. The molecule has 0 bridgehead atoms. The minimum atomic E-state index is -1.02. The first-order valence-electron chi connectivity index (χ1n) is 36.7. The van der Waals surface area contributed by atoms with Crippen LogP contribution in [0.25, 0.3) is 0 Å². The molecular weight excluding hydrogens is 1320 g/mol. The van der Waals surface area contributed by atoms with Crippen LogP contribution in [0.4, 0.5) is 15.3 Å². The minimum absolute atomic E-state index is 0.0146. The largest absolute Gasteiger partial charge is 0.481 e. The molecule has 2 aromatic rings. The number of primary amides is 1. The Morgan fingerprint density at radius 3 is 1.97 bits per heavy atom. The van der Waals surface area contributed by atoms with Crippen LogP contribution in [0.2, 0.25) is 0 Å². The topological polar surface area (TPSA) is 328 Å². The number of amides is 9. The van der Waals surface area contributed by atoms with Gasteiger partial charge < -0.3 is 60.5 Å². The molecule has 102 heavy (non-hydrogen) atoms. The second-order valence-corrected chi connectivity index (χ2v) is 30.1. The van der Waals surface area contributed by atoms with Crippen LogP contribution in [0.5, 0.6) is 0 Å². The molecule has 1 unspecified atom stereocenters. The molecule has 9 amide bonds. The summed E-state index contributed by atoms with van der Waals surface area (Å²) in [6.45, 7) is 24.1. The third-order valence-electron chi connectivity index (χ3n) is 20.0. The molecule has 0 aliphatic carbocycles. The Hall–Kier alpha value is -7.25. The van der Waals surface area contributed by atoms with Crippen molar-refractivity contribution in [3.05, 3.63) is 65.7 Å². The maximum Gasteiger partial charge on any atom is 0.410 e. The van der Waals surface area contributed by atoms with Crippen molar-refractivity contribution in [2.45, 2.75) is 240 Å². The number of aliphatic carboxylic acids is 1. The monoisotopic (exact) mass is 1450 g/mol. The van der Waals surface area contributed by atoms with Crippen LogP contribution in [0.15, 0.2) is 54.6 Å². The van der Waals surface area contributed by atoms with Gasteiger partial charge in [-0.1, -0.05) is 131 Å². The number of anilines is 1. The van der Waals surface area contributed by atoms with Gasteiger partial charge in [0.15, 0.2) is 5.78 Å². The molecule has 2 heterocycles. The van der Waals surface area contributed by atoms with E-state index in [1.54, 1.807) is 78.9 Å². The van der Waals surface area contributed by atoms with Gasteiger partial charge >= 0.3 is 18.1 Å². The lowest BCUT2D eigenvalue weighted by Crippen LogP contribution is -2.54. The molecule has 2 aliphatic rings. The standard InChI is InChI=1S/C40H64N6O8S.C37H58N2O8/c1-8-9-22-55-33-24-35(49)46(38(33)51)21-12-10-11-15-34(48)44-36(27(4)5)32(47)23-30(14-13-20-42-39(41)52)37(50)43-31-18-16-29(17-19-31)25-54-40(53)45(7)28(6)26(2)3;1-10-24(4)34(38(7)36(43)29(23(2)3)19-25(5)40)32(46-8)22-33(42)39-18-14-17-30(39)35(47-9)26(6)31(41)21-28(37(44)45)20-27-15-12-11-13-16-27/h16-19,26-28,30,33,36H,8-15,20-25H2,1-7H3,(H,43,50)(H,44,48)(H3,41,42,52);11-13,15-16,23-24,26,28-30,32,34-35H,10,14,17-22H2,1-9H3,(H,44,45)/t28-,30-,33?,36+;24-,26-,28+,29-,30-,32+,34-,35+/m10/s1. The van der Waals surface area contributed by atoms with Crippen molar-refractivity contribution >= 4 is 88.3 Å². The summed E-state index contributed by atoms with van der Waals surface area (Å²) in [4.78, 5) is 160. The third-order valence-corrected chi connectivity index (χ3v) is 21.3. The number of likely N-dealkylation sites (N-methyl/N-ethyl adjacent to an activating group) is 1. The van der Waals surface area contributed by atoms with E-state index in [0.29, 0.717) is 50.9 Å². The average molecular weight is 1450 g/mol. The number of unbranched alkanes of at least 4 members (excludes halogenated alkanes) is 3. The Bertz CT molecular complexity index is 3020. The summed E-state index contributed by atoms with van der Waals surface area (Å²) < 4.78 is 17.2. The molecule has 24 nitrogen and oxygen atoms in total. The Labute approximate surface area is 610 Å². The van der Waals surface area contributed by atoms with Crippen molar-refractivity contribution in [1.29, 1.82) is 0 Å². The molecule has 2 aliphatic heterocycles. The van der Waals surface area contributed by atoms with Gasteiger partial charge in [0.2, 0.25) is 35.4 Å². The normalized spacial score (nSPS) is 17.4. The number of ether oxygens (including phenoxy) is 3. The number of imide groups is 1. The number of likely N-dealkylation sites (tertiary alicyclic amines) is 2. The predicted octanol–water partition coefficient (Wildman–Crippen LogP) is 10.7. The number of methoxy groups -OCH3 is 2. The van der Waals surface area contributed by atoms with E-state index in [1.807, 2.05) is 92.6 Å². The van der Waals surface area contributed by atoms with E-state index in [2.05, 4.69) is 22.9 Å². The molecular formula is C77H122N8O16S. The van der Waals surface area contributed by atoms with Gasteiger partial charge in [0.1, 0.15) is 18.2 Å². The Kier molecular flexibility index (Phi) is 39.9. The second kappa shape index (κ2) is 45.8. The van der Waals surface area contributed by atoms with Crippen LogP contribution in [0, 0.1) is 47.3 Å². The van der Waals surface area contributed by atoms with Crippen molar-refractivity contribution in [3.63, 3.8) is 0 Å². The number of carbonyl (C=O) groups is 12. The molecule has 0 spiro atoms. The number of ketones is 3. The van der Waals surface area contributed by atoms with Crippen LogP contribution in [-0.2, 0) is 75.2 Å². The first kappa shape index (κ1) is 89.0. The molecule has 25 heteroatoms. The molecule has 4 rings (SSSR count). The van der Waals surface area contributed by atoms with E-state index < -0.39 is 66.1 Å². The maximum atomic E-state index is 14.0. The number of carbonyl (C=O) groups excluding carboxylic acids is 11. The van der Waals surface area contributed by atoms with Crippen LogP contribution in [0.3, 0.4) is 0 Å². The quantitative estimate of drug-likeness (QED) is 0.0304. The number of nitrogens with two attached hydrogens (primary N) is 1. The first-order chi connectivity index (χ1) is 48.2. The molecule has 572 valence electrons. The highest BCUT2D eigenvalue weighted by atomic mass is 32.2. The molecule has 6 N–H and O–H groups in total. The van der Waals surface area contributed by atoms with Crippen molar-refractivity contribution in [3.8, 4) is 0 Å². The summed E-state index contributed by atoms with van der Waals surface area (Å²) in [6.07, 6.45) is 5.65. The number of thioether (sulfide) groups is 1. The highest BCUT2D eigenvalue weighted by molar-refractivity contribution is 8.00. The van der Waals surface area contributed by atoms with E-state index in [0.717, 1.165) is 42.6 Å². The number of benzene rings is 2. The molecule has 0 aromatic heterocycles. The highest BCUT2D eigenvalue weighted by Crippen LogP contribution is 2.33. The van der Waals surface area contributed by atoms with Crippen molar-refractivity contribution in [1.82, 2.24) is 30.2 Å². The van der Waals surface area contributed by atoms with Gasteiger partial charge in [-0.25, -0.2) is 9.59 Å². The van der Waals surface area contributed by atoms with Gasteiger partial charge in [-0.2, -0.15) is 0 Å². The van der Waals surface area contributed by atoms with E-state index in [4.69, 9.17) is 19.9 Å². The first-order valence-corrected chi connectivity index (χ1v) is 37.8. The zero-order chi connectivity index (χ0) is 76.5. The third kappa shape index (κ3) is 29.1. The van der Waals surface area contributed by atoms with Gasteiger partial charge in [-0.15, -0.1) is 11.8 Å². The molecule has 2 fully saturated rings. The number of carboxylic acid groups (broad SMARTS) is 1. The zero-order valence-corrected chi connectivity index (χ0v) is 64.6. The maximum absolute atomic E-state index is 14.0. The van der Waals surface area contributed by atoms with Crippen molar-refractivity contribution in [2.24, 2.45) is 53.1 Å². The number of rotatable bonds is 45. The Balaban J connectivity index is 0.000000537. The fraction of sp³-hybridized carbons (Fsp3) is 0.688. The van der Waals surface area contributed by atoms with Crippen molar-refractivity contribution < 1.29 is 76.9 Å². The lowest BCUT2D eigenvalue weighted by molar-refractivity contribution is -0.149. The van der Waals surface area contributed by atoms with Crippen molar-refractivity contribution in [2.75, 3.05) is 59.0 Å². The van der Waals surface area contributed by atoms with Crippen LogP contribution < -0.4 is 21.7 Å². The van der Waals surface area contributed by atoms with Gasteiger partial charge in [0.25, 0.3) is 0 Å². The van der Waals surface area contributed by atoms with E-state index >= 15 is 0 Å². The summed E-state index contributed by atoms with van der Waals surface area (Å²) in [5, 5.41) is 17.8. The number of hydrogen-bond donors (Lipinski definition) is 5. The summed E-state index contributed by atoms with van der Waals surface area (Å²) in [5.74, 6) is -4.57.